The third kappa shape index (κ3) is 4.15. The molecule has 7 heteroatoms. The van der Waals surface area contributed by atoms with Crippen LogP contribution in [0.1, 0.15) is 12.1 Å². The Morgan fingerprint density at radius 2 is 2.12 bits per heavy atom. The van der Waals surface area contributed by atoms with Crippen LogP contribution in [0.5, 0.6) is 0 Å². The van der Waals surface area contributed by atoms with Gasteiger partial charge in [0.05, 0.1) is 16.3 Å². The summed E-state index contributed by atoms with van der Waals surface area (Å²) in [7, 11) is -3.17. The maximum atomic E-state index is 12.2. The number of nitrogens with one attached hydrogen (secondary N) is 2. The van der Waals surface area contributed by atoms with E-state index in [0.717, 1.165) is 31.1 Å². The number of sulfone groups is 1. The van der Waals surface area contributed by atoms with Gasteiger partial charge in [-0.3, -0.25) is 0 Å². The Labute approximate surface area is 143 Å². The molecule has 0 fully saturated rings. The zero-order valence-corrected chi connectivity index (χ0v) is 14.7. The molecular formula is C17H24N4O2S. The lowest BCUT2D eigenvalue weighted by Gasteiger charge is -2.25. The number of benzene rings is 1. The third-order valence-electron chi connectivity index (χ3n) is 4.21. The van der Waals surface area contributed by atoms with Crippen molar-refractivity contribution in [3.05, 3.63) is 42.1 Å². The van der Waals surface area contributed by atoms with Crippen LogP contribution in [-0.2, 0) is 16.4 Å². The van der Waals surface area contributed by atoms with Crippen LogP contribution < -0.4 is 10.6 Å². The highest BCUT2D eigenvalue weighted by atomic mass is 32.2. The molecular weight excluding hydrogens is 324 g/mol. The van der Waals surface area contributed by atoms with Gasteiger partial charge in [-0.15, -0.1) is 0 Å². The Morgan fingerprint density at radius 3 is 2.92 bits per heavy atom. The van der Waals surface area contributed by atoms with Crippen molar-refractivity contribution in [3.8, 4) is 0 Å². The summed E-state index contributed by atoms with van der Waals surface area (Å²) in [6, 6.07) is 10.7. The van der Waals surface area contributed by atoms with Crippen molar-refractivity contribution in [1.29, 1.82) is 0 Å². The second-order valence-corrected chi connectivity index (χ2v) is 8.40. The highest BCUT2D eigenvalue weighted by Gasteiger charge is 2.19. The van der Waals surface area contributed by atoms with Gasteiger partial charge in [0, 0.05) is 31.6 Å². The van der Waals surface area contributed by atoms with Gasteiger partial charge in [0.2, 0.25) is 0 Å². The van der Waals surface area contributed by atoms with Gasteiger partial charge in [-0.2, -0.15) is 5.10 Å². The van der Waals surface area contributed by atoms with Crippen molar-refractivity contribution < 1.29 is 8.42 Å². The van der Waals surface area contributed by atoms with Crippen LogP contribution in [0.15, 0.2) is 41.3 Å². The second kappa shape index (κ2) is 7.36. The number of hydrogen-bond acceptors (Lipinski definition) is 5. The van der Waals surface area contributed by atoms with Crippen LogP contribution in [0.4, 0.5) is 5.82 Å². The van der Waals surface area contributed by atoms with Gasteiger partial charge in [-0.1, -0.05) is 18.2 Å². The van der Waals surface area contributed by atoms with Gasteiger partial charge >= 0.3 is 0 Å². The smallest absolute Gasteiger partial charge is 0.178 e. The fourth-order valence-corrected chi connectivity index (χ4v) is 4.29. The fraction of sp³-hybridized carbons (Fsp3) is 0.471. The summed E-state index contributed by atoms with van der Waals surface area (Å²) in [5.41, 5.74) is 1.03. The topological polar surface area (TPSA) is 76.0 Å². The number of rotatable bonds is 7. The van der Waals surface area contributed by atoms with Crippen molar-refractivity contribution in [1.82, 2.24) is 15.1 Å². The maximum absolute atomic E-state index is 12.2. The zero-order valence-electron chi connectivity index (χ0n) is 13.9. The average Bonchev–Trinajstić information content (AvgIpc) is 2.94. The van der Waals surface area contributed by atoms with Crippen LogP contribution in [-0.4, -0.2) is 43.6 Å². The number of hydrogen-bond donors (Lipinski definition) is 2. The normalized spacial score (nSPS) is 17.3. The molecule has 24 heavy (non-hydrogen) atoms. The van der Waals surface area contributed by atoms with Gasteiger partial charge in [-0.25, -0.2) is 13.1 Å². The van der Waals surface area contributed by atoms with Crippen LogP contribution in [0, 0.1) is 12.8 Å². The van der Waals surface area contributed by atoms with Gasteiger partial charge < -0.3 is 10.6 Å². The van der Waals surface area contributed by atoms with E-state index in [9.17, 15) is 8.42 Å². The molecule has 0 spiro atoms. The standard InChI is InChI=1S/C17H24N4O2S/c1-14-10-17-19-12-15(13-21(17)20-14)11-18-8-5-9-24(22,23)16-6-3-2-4-7-16/h2-4,6-7,10,15,18-19H,5,8-9,11-13H2,1H3/t15-/m1/s1. The van der Waals surface area contributed by atoms with E-state index in [-0.39, 0.29) is 5.75 Å². The lowest BCUT2D eigenvalue weighted by Crippen LogP contribution is -2.35. The molecule has 0 radical (unpaired) electrons. The van der Waals surface area contributed by atoms with Crippen molar-refractivity contribution in [3.63, 3.8) is 0 Å². The fourth-order valence-electron chi connectivity index (χ4n) is 2.96. The van der Waals surface area contributed by atoms with Gasteiger partial charge in [0.1, 0.15) is 5.82 Å². The van der Waals surface area contributed by atoms with Crippen molar-refractivity contribution >= 4 is 15.7 Å². The van der Waals surface area contributed by atoms with Crippen LogP contribution >= 0.6 is 0 Å². The molecule has 0 saturated heterocycles. The zero-order chi connectivity index (χ0) is 17.0. The number of fused-ring (bicyclic) bond motifs is 1. The molecule has 0 saturated carbocycles. The van der Waals surface area contributed by atoms with Crippen molar-refractivity contribution in [2.75, 3.05) is 30.7 Å². The minimum absolute atomic E-state index is 0.176. The number of nitrogens with zero attached hydrogens (tertiary/aromatic N) is 2. The number of aryl methyl sites for hydroxylation is 1. The summed E-state index contributed by atoms with van der Waals surface area (Å²) in [5.74, 6) is 1.72. The molecule has 0 aliphatic carbocycles. The maximum Gasteiger partial charge on any atom is 0.178 e. The molecule has 0 unspecified atom stereocenters. The lowest BCUT2D eigenvalue weighted by atomic mass is 10.1. The lowest BCUT2D eigenvalue weighted by molar-refractivity contribution is 0.391. The quantitative estimate of drug-likeness (QED) is 0.745. The average molecular weight is 348 g/mol. The van der Waals surface area contributed by atoms with Gasteiger partial charge in [0.15, 0.2) is 9.84 Å². The van der Waals surface area contributed by atoms with E-state index in [1.165, 1.54) is 0 Å². The summed E-state index contributed by atoms with van der Waals surface area (Å²) in [6.45, 7) is 5.36. The molecule has 2 N–H and O–H groups in total. The monoisotopic (exact) mass is 348 g/mol. The molecule has 1 aliphatic heterocycles. The molecule has 1 aromatic heterocycles. The SMILES string of the molecule is Cc1cc2n(n1)C[C@H](CNCCCS(=O)(=O)c1ccccc1)CN2. The Kier molecular flexibility index (Phi) is 5.20. The largest absolute Gasteiger partial charge is 0.370 e. The van der Waals surface area contributed by atoms with Crippen LogP contribution in [0.2, 0.25) is 0 Å². The summed E-state index contributed by atoms with van der Waals surface area (Å²) < 4.78 is 26.4. The predicted molar refractivity (Wildman–Crippen MR) is 94.9 cm³/mol. The molecule has 0 bridgehead atoms. The van der Waals surface area contributed by atoms with E-state index >= 15 is 0 Å². The Hall–Kier alpha value is -1.86. The van der Waals surface area contributed by atoms with E-state index in [4.69, 9.17) is 0 Å². The Morgan fingerprint density at radius 1 is 1.33 bits per heavy atom. The summed E-state index contributed by atoms with van der Waals surface area (Å²) in [6.07, 6.45) is 0.615. The first-order chi connectivity index (χ1) is 11.5. The predicted octanol–water partition coefficient (Wildman–Crippen LogP) is 1.69. The third-order valence-corrected chi connectivity index (χ3v) is 6.02. The highest BCUT2D eigenvalue weighted by molar-refractivity contribution is 7.91. The molecule has 1 aliphatic rings. The van der Waals surface area contributed by atoms with Crippen LogP contribution in [0.25, 0.3) is 0 Å². The van der Waals surface area contributed by atoms with Crippen molar-refractivity contribution in [2.24, 2.45) is 5.92 Å². The van der Waals surface area contributed by atoms with Crippen molar-refractivity contribution in [2.45, 2.75) is 24.8 Å². The minimum Gasteiger partial charge on any atom is -0.370 e. The highest BCUT2D eigenvalue weighted by Crippen LogP contribution is 2.18. The summed E-state index contributed by atoms with van der Waals surface area (Å²) in [4.78, 5) is 0.406. The van der Waals surface area contributed by atoms with E-state index in [0.29, 0.717) is 23.8 Å². The molecule has 3 rings (SSSR count). The summed E-state index contributed by atoms with van der Waals surface area (Å²) in [5, 5.41) is 11.2. The van der Waals surface area contributed by atoms with Crippen LogP contribution in [0.3, 0.4) is 0 Å². The van der Waals surface area contributed by atoms with E-state index in [2.05, 4.69) is 21.8 Å². The second-order valence-electron chi connectivity index (χ2n) is 6.29. The van der Waals surface area contributed by atoms with E-state index in [1.807, 2.05) is 17.7 Å². The van der Waals surface area contributed by atoms with E-state index in [1.54, 1.807) is 24.3 Å². The first kappa shape index (κ1) is 17.0. The Balaban J connectivity index is 1.39. The molecule has 6 nitrogen and oxygen atoms in total. The molecule has 2 aromatic rings. The molecule has 130 valence electrons. The first-order valence-electron chi connectivity index (χ1n) is 8.31. The minimum atomic E-state index is -3.17. The number of anilines is 1. The Bertz CT molecular complexity index is 771. The van der Waals surface area contributed by atoms with Gasteiger partial charge in [-0.05, 0) is 32.0 Å². The number of aromatic nitrogens is 2. The first-order valence-corrected chi connectivity index (χ1v) is 9.97. The van der Waals surface area contributed by atoms with Gasteiger partial charge in [0.25, 0.3) is 0 Å². The molecule has 1 aromatic carbocycles. The van der Waals surface area contributed by atoms with E-state index < -0.39 is 9.84 Å². The summed E-state index contributed by atoms with van der Waals surface area (Å²) >= 11 is 0. The molecule has 0 amide bonds. The molecule has 2 heterocycles. The molecule has 1 atom stereocenters.